The molecular weight excluding hydrogens is 446 g/mol. The number of carbonyl (C=O) groups excluding carboxylic acids is 1. The standard InChI is InChI=1S/C24H26BrNO4/c1-5-7-20-23(24(27)30-6-2)19(16-8-10-17(25)11-9-16)15-26(20)18-12-13-21(28-3)22(14-18)29-4/h8-15H,5-7H2,1-4H3. The second-order valence-electron chi connectivity index (χ2n) is 6.75. The highest BCUT2D eigenvalue weighted by Gasteiger charge is 2.24. The summed E-state index contributed by atoms with van der Waals surface area (Å²) < 4.78 is 19.3. The number of carbonyl (C=O) groups is 1. The van der Waals surface area contributed by atoms with Crippen molar-refractivity contribution in [2.75, 3.05) is 20.8 Å². The van der Waals surface area contributed by atoms with Crippen LogP contribution in [0.4, 0.5) is 0 Å². The van der Waals surface area contributed by atoms with Crippen LogP contribution in [-0.2, 0) is 11.2 Å². The second-order valence-corrected chi connectivity index (χ2v) is 7.67. The van der Waals surface area contributed by atoms with Crippen molar-refractivity contribution in [2.45, 2.75) is 26.7 Å². The van der Waals surface area contributed by atoms with Gasteiger partial charge in [0.1, 0.15) is 0 Å². The zero-order valence-electron chi connectivity index (χ0n) is 17.7. The summed E-state index contributed by atoms with van der Waals surface area (Å²) in [5.41, 5.74) is 4.22. The molecule has 3 rings (SSSR count). The summed E-state index contributed by atoms with van der Waals surface area (Å²) in [7, 11) is 3.22. The molecule has 0 aliphatic heterocycles. The normalized spacial score (nSPS) is 10.7. The molecule has 0 aliphatic carbocycles. The van der Waals surface area contributed by atoms with Gasteiger partial charge in [-0.05, 0) is 43.2 Å². The number of methoxy groups -OCH3 is 2. The first-order valence-corrected chi connectivity index (χ1v) is 10.7. The fourth-order valence-corrected chi connectivity index (χ4v) is 3.78. The largest absolute Gasteiger partial charge is 0.493 e. The van der Waals surface area contributed by atoms with Gasteiger partial charge in [0.25, 0.3) is 0 Å². The fourth-order valence-electron chi connectivity index (χ4n) is 3.51. The van der Waals surface area contributed by atoms with Crippen molar-refractivity contribution in [3.8, 4) is 28.3 Å². The Balaban J connectivity index is 2.26. The predicted molar refractivity (Wildman–Crippen MR) is 122 cm³/mol. The third-order valence-corrected chi connectivity index (χ3v) is 5.40. The van der Waals surface area contributed by atoms with Gasteiger partial charge in [-0.25, -0.2) is 4.79 Å². The molecule has 30 heavy (non-hydrogen) atoms. The Kier molecular flexibility index (Phi) is 7.21. The van der Waals surface area contributed by atoms with Gasteiger partial charge in [0.2, 0.25) is 0 Å². The Bertz CT molecular complexity index is 1020. The number of hydrogen-bond acceptors (Lipinski definition) is 4. The molecule has 0 amide bonds. The van der Waals surface area contributed by atoms with Crippen molar-refractivity contribution in [1.82, 2.24) is 4.57 Å². The van der Waals surface area contributed by atoms with Crippen LogP contribution in [-0.4, -0.2) is 31.4 Å². The number of nitrogens with zero attached hydrogens (tertiary/aromatic N) is 1. The number of benzene rings is 2. The summed E-state index contributed by atoms with van der Waals surface area (Å²) in [5.74, 6) is 0.983. The third kappa shape index (κ3) is 4.38. The summed E-state index contributed by atoms with van der Waals surface area (Å²) in [6.45, 7) is 4.24. The predicted octanol–water partition coefficient (Wildman–Crippen LogP) is 6.05. The van der Waals surface area contributed by atoms with Crippen LogP contribution in [0.1, 0.15) is 36.3 Å². The lowest BCUT2D eigenvalue weighted by atomic mass is 10.0. The number of ether oxygens (including phenoxy) is 3. The quantitative estimate of drug-likeness (QED) is 0.375. The Labute approximate surface area is 185 Å². The van der Waals surface area contributed by atoms with Gasteiger partial charge in [-0.15, -0.1) is 0 Å². The summed E-state index contributed by atoms with van der Waals surface area (Å²) >= 11 is 3.48. The van der Waals surface area contributed by atoms with Crippen LogP contribution in [0.5, 0.6) is 11.5 Å². The molecule has 0 spiro atoms. The molecule has 0 fully saturated rings. The molecule has 0 N–H and O–H groups in total. The number of aromatic nitrogens is 1. The average molecular weight is 472 g/mol. The molecular formula is C24H26BrNO4. The van der Waals surface area contributed by atoms with Crippen LogP contribution in [0.2, 0.25) is 0 Å². The van der Waals surface area contributed by atoms with Gasteiger partial charge in [-0.3, -0.25) is 0 Å². The maximum absolute atomic E-state index is 13.0. The van der Waals surface area contributed by atoms with Gasteiger partial charge in [0.05, 0.1) is 26.4 Å². The van der Waals surface area contributed by atoms with E-state index in [1.54, 1.807) is 14.2 Å². The SMILES string of the molecule is CCCc1c(C(=O)OCC)c(-c2ccc(Br)cc2)cn1-c1ccc(OC)c(OC)c1. The molecule has 1 aromatic heterocycles. The van der Waals surface area contributed by atoms with Crippen LogP contribution in [0.15, 0.2) is 53.1 Å². The lowest BCUT2D eigenvalue weighted by molar-refractivity contribution is 0.0526. The second kappa shape index (κ2) is 9.85. The van der Waals surface area contributed by atoms with Crippen molar-refractivity contribution >= 4 is 21.9 Å². The van der Waals surface area contributed by atoms with Gasteiger partial charge in [-0.1, -0.05) is 41.4 Å². The number of rotatable bonds is 8. The van der Waals surface area contributed by atoms with Crippen molar-refractivity contribution < 1.29 is 19.0 Å². The van der Waals surface area contributed by atoms with E-state index in [1.807, 2.05) is 55.6 Å². The number of esters is 1. The summed E-state index contributed by atoms with van der Waals surface area (Å²) in [6, 6.07) is 13.7. The van der Waals surface area contributed by atoms with Crippen LogP contribution in [0.25, 0.3) is 16.8 Å². The Hall–Kier alpha value is -2.73. The zero-order valence-corrected chi connectivity index (χ0v) is 19.3. The highest BCUT2D eigenvalue weighted by molar-refractivity contribution is 9.10. The minimum Gasteiger partial charge on any atom is -0.493 e. The maximum atomic E-state index is 13.0. The van der Waals surface area contributed by atoms with E-state index in [0.717, 1.165) is 39.8 Å². The minimum absolute atomic E-state index is 0.307. The monoisotopic (exact) mass is 471 g/mol. The number of hydrogen-bond donors (Lipinski definition) is 0. The Morgan fingerprint density at radius 2 is 1.70 bits per heavy atom. The lowest BCUT2D eigenvalue weighted by Crippen LogP contribution is -2.10. The van der Waals surface area contributed by atoms with Crippen LogP contribution < -0.4 is 9.47 Å². The van der Waals surface area contributed by atoms with Crippen LogP contribution >= 0.6 is 15.9 Å². The molecule has 1 heterocycles. The minimum atomic E-state index is -0.307. The van der Waals surface area contributed by atoms with Gasteiger partial charge in [0, 0.05) is 33.7 Å². The molecule has 6 heteroatoms. The summed E-state index contributed by atoms with van der Waals surface area (Å²) in [6.07, 6.45) is 3.63. The molecule has 0 bridgehead atoms. The van der Waals surface area contributed by atoms with Crippen LogP contribution in [0.3, 0.4) is 0 Å². The first kappa shape index (κ1) is 22.0. The molecule has 0 saturated carbocycles. The van der Waals surface area contributed by atoms with E-state index in [9.17, 15) is 4.79 Å². The van der Waals surface area contributed by atoms with Crippen molar-refractivity contribution in [3.63, 3.8) is 0 Å². The van der Waals surface area contributed by atoms with Gasteiger partial charge >= 0.3 is 5.97 Å². The summed E-state index contributed by atoms with van der Waals surface area (Å²) in [4.78, 5) is 13.0. The van der Waals surface area contributed by atoms with Crippen LogP contribution in [0, 0.1) is 0 Å². The fraction of sp³-hybridized carbons (Fsp3) is 0.292. The van der Waals surface area contributed by atoms with Crippen molar-refractivity contribution in [3.05, 3.63) is 64.4 Å². The first-order chi connectivity index (χ1) is 14.5. The van der Waals surface area contributed by atoms with E-state index in [-0.39, 0.29) is 5.97 Å². The molecule has 0 radical (unpaired) electrons. The molecule has 3 aromatic rings. The molecule has 0 atom stereocenters. The Morgan fingerprint density at radius 3 is 2.30 bits per heavy atom. The van der Waals surface area contributed by atoms with E-state index < -0.39 is 0 Å². The average Bonchev–Trinajstić information content (AvgIpc) is 3.13. The van der Waals surface area contributed by atoms with Gasteiger partial charge in [-0.2, -0.15) is 0 Å². The topological polar surface area (TPSA) is 49.7 Å². The smallest absolute Gasteiger partial charge is 0.340 e. The highest BCUT2D eigenvalue weighted by atomic mass is 79.9. The molecule has 0 unspecified atom stereocenters. The molecule has 0 aliphatic rings. The molecule has 0 saturated heterocycles. The zero-order chi connectivity index (χ0) is 21.7. The lowest BCUT2D eigenvalue weighted by Gasteiger charge is -2.13. The van der Waals surface area contributed by atoms with E-state index in [2.05, 4.69) is 27.4 Å². The van der Waals surface area contributed by atoms with Gasteiger partial charge in [0.15, 0.2) is 11.5 Å². The Morgan fingerprint density at radius 1 is 1.00 bits per heavy atom. The molecule has 2 aromatic carbocycles. The third-order valence-electron chi connectivity index (χ3n) is 4.87. The first-order valence-electron chi connectivity index (χ1n) is 9.93. The maximum Gasteiger partial charge on any atom is 0.340 e. The molecule has 5 nitrogen and oxygen atoms in total. The summed E-state index contributed by atoms with van der Waals surface area (Å²) in [5, 5.41) is 0. The van der Waals surface area contributed by atoms with Crippen molar-refractivity contribution in [2.24, 2.45) is 0 Å². The van der Waals surface area contributed by atoms with E-state index >= 15 is 0 Å². The van der Waals surface area contributed by atoms with Gasteiger partial charge < -0.3 is 18.8 Å². The molecule has 158 valence electrons. The van der Waals surface area contributed by atoms with Crippen molar-refractivity contribution in [1.29, 1.82) is 0 Å². The highest BCUT2D eigenvalue weighted by Crippen LogP contribution is 2.35. The van der Waals surface area contributed by atoms with E-state index in [1.165, 1.54) is 0 Å². The van der Waals surface area contributed by atoms with E-state index in [4.69, 9.17) is 14.2 Å². The number of halogens is 1. The van der Waals surface area contributed by atoms with E-state index in [0.29, 0.717) is 23.7 Å².